The van der Waals surface area contributed by atoms with Crippen LogP contribution in [0.25, 0.3) is 0 Å². The van der Waals surface area contributed by atoms with E-state index >= 15 is 0 Å². The van der Waals surface area contributed by atoms with Gasteiger partial charge in [0, 0.05) is 12.2 Å². The molecule has 20 heavy (non-hydrogen) atoms. The predicted molar refractivity (Wildman–Crippen MR) is 72.6 cm³/mol. The van der Waals surface area contributed by atoms with Crippen LogP contribution in [0.15, 0.2) is 18.3 Å². The molecule has 2 atom stereocenters. The number of carbonyl (C=O) groups is 2. The van der Waals surface area contributed by atoms with E-state index < -0.39 is 11.9 Å². The lowest BCUT2D eigenvalue weighted by Gasteiger charge is -2.13. The summed E-state index contributed by atoms with van der Waals surface area (Å²) in [5.74, 6) is -0.751. The molecule has 0 spiro atoms. The second-order valence-electron chi connectivity index (χ2n) is 4.84. The molecule has 0 amide bonds. The van der Waals surface area contributed by atoms with Gasteiger partial charge in [0.25, 0.3) is 0 Å². The van der Waals surface area contributed by atoms with E-state index in [1.807, 2.05) is 0 Å². The quantitative estimate of drug-likeness (QED) is 0.800. The molecule has 1 saturated carbocycles. The third kappa shape index (κ3) is 3.46. The zero-order valence-electron chi connectivity index (χ0n) is 11.3. The first-order valence-electron chi connectivity index (χ1n) is 6.72. The fourth-order valence-electron chi connectivity index (χ4n) is 2.36. The topological polar surface area (TPSA) is 88.5 Å². The molecule has 2 N–H and O–H groups in total. The van der Waals surface area contributed by atoms with Gasteiger partial charge in [0.2, 0.25) is 0 Å². The van der Waals surface area contributed by atoms with E-state index in [1.165, 1.54) is 6.20 Å². The number of esters is 1. The summed E-state index contributed by atoms with van der Waals surface area (Å²) in [6.45, 7) is 2.08. The Hall–Kier alpha value is -2.11. The number of aliphatic carboxylic acids is 1. The summed E-state index contributed by atoms with van der Waals surface area (Å²) < 4.78 is 4.88. The highest BCUT2D eigenvalue weighted by Gasteiger charge is 2.29. The van der Waals surface area contributed by atoms with Gasteiger partial charge in [-0.2, -0.15) is 0 Å². The highest BCUT2D eigenvalue weighted by atomic mass is 16.5. The van der Waals surface area contributed by atoms with Gasteiger partial charge in [-0.25, -0.2) is 9.78 Å². The van der Waals surface area contributed by atoms with Gasteiger partial charge in [0.15, 0.2) is 0 Å². The average molecular weight is 278 g/mol. The average Bonchev–Trinajstić information content (AvgIpc) is 2.88. The third-order valence-electron chi connectivity index (χ3n) is 3.41. The number of anilines is 1. The second kappa shape index (κ2) is 6.36. The van der Waals surface area contributed by atoms with Gasteiger partial charge in [0.1, 0.15) is 5.82 Å². The minimum atomic E-state index is -0.736. The molecule has 0 aromatic carbocycles. The zero-order valence-corrected chi connectivity index (χ0v) is 11.3. The van der Waals surface area contributed by atoms with Crippen LogP contribution in [0, 0.1) is 5.92 Å². The van der Waals surface area contributed by atoms with E-state index in [2.05, 4.69) is 10.3 Å². The van der Waals surface area contributed by atoms with Crippen molar-refractivity contribution in [1.29, 1.82) is 0 Å². The van der Waals surface area contributed by atoms with Crippen LogP contribution < -0.4 is 5.32 Å². The van der Waals surface area contributed by atoms with Crippen molar-refractivity contribution in [3.8, 4) is 0 Å². The summed E-state index contributed by atoms with van der Waals surface area (Å²) in [4.78, 5) is 26.5. The molecule has 1 aromatic heterocycles. The largest absolute Gasteiger partial charge is 0.481 e. The minimum absolute atomic E-state index is 0.122. The van der Waals surface area contributed by atoms with E-state index in [0.717, 1.165) is 6.42 Å². The summed E-state index contributed by atoms with van der Waals surface area (Å²) in [6.07, 6.45) is 3.58. The van der Waals surface area contributed by atoms with Crippen LogP contribution in [-0.2, 0) is 9.53 Å². The monoisotopic (exact) mass is 278 g/mol. The molecule has 1 aliphatic carbocycles. The number of rotatable bonds is 5. The molecule has 0 bridgehead atoms. The molecule has 6 heteroatoms. The molecular weight excluding hydrogens is 260 g/mol. The van der Waals surface area contributed by atoms with Crippen molar-refractivity contribution in [1.82, 2.24) is 4.98 Å². The predicted octanol–water partition coefficient (Wildman–Crippen LogP) is 1.92. The Morgan fingerprint density at radius 2 is 2.25 bits per heavy atom. The van der Waals surface area contributed by atoms with Crippen LogP contribution in [-0.4, -0.2) is 34.7 Å². The van der Waals surface area contributed by atoms with Crippen LogP contribution in [0.1, 0.15) is 36.5 Å². The molecule has 2 rings (SSSR count). The van der Waals surface area contributed by atoms with Gasteiger partial charge < -0.3 is 15.2 Å². The Balaban J connectivity index is 1.91. The zero-order chi connectivity index (χ0) is 14.5. The first-order valence-corrected chi connectivity index (χ1v) is 6.72. The summed E-state index contributed by atoms with van der Waals surface area (Å²) in [7, 11) is 0. The van der Waals surface area contributed by atoms with Gasteiger partial charge in [-0.1, -0.05) is 0 Å². The van der Waals surface area contributed by atoms with Crippen LogP contribution in [0.3, 0.4) is 0 Å². The molecule has 1 aliphatic rings. The number of carboxylic acid groups (broad SMARTS) is 1. The van der Waals surface area contributed by atoms with Crippen LogP contribution in [0.2, 0.25) is 0 Å². The normalized spacial score (nSPS) is 21.4. The second-order valence-corrected chi connectivity index (χ2v) is 4.84. The van der Waals surface area contributed by atoms with Gasteiger partial charge >= 0.3 is 11.9 Å². The van der Waals surface area contributed by atoms with Gasteiger partial charge in [-0.05, 0) is 38.3 Å². The summed E-state index contributed by atoms with van der Waals surface area (Å²) in [5, 5.41) is 12.1. The number of carboxylic acids is 1. The number of carbonyl (C=O) groups excluding carboxylic acids is 1. The van der Waals surface area contributed by atoms with E-state index in [4.69, 9.17) is 9.84 Å². The van der Waals surface area contributed by atoms with E-state index in [1.54, 1.807) is 19.1 Å². The van der Waals surface area contributed by atoms with Crippen molar-refractivity contribution in [2.45, 2.75) is 32.2 Å². The first-order chi connectivity index (χ1) is 9.60. The molecule has 0 radical (unpaired) electrons. The number of nitrogens with one attached hydrogen (secondary N) is 1. The number of aromatic nitrogens is 1. The highest BCUT2D eigenvalue weighted by molar-refractivity contribution is 5.89. The Labute approximate surface area is 117 Å². The Bertz CT molecular complexity index is 486. The Morgan fingerprint density at radius 3 is 2.80 bits per heavy atom. The molecule has 2 unspecified atom stereocenters. The number of hydrogen-bond donors (Lipinski definition) is 2. The number of ether oxygens (including phenoxy) is 1. The third-order valence-corrected chi connectivity index (χ3v) is 3.41. The maximum atomic E-state index is 11.5. The molecule has 1 aromatic rings. The maximum Gasteiger partial charge on any atom is 0.339 e. The van der Waals surface area contributed by atoms with E-state index in [9.17, 15) is 9.59 Å². The fraction of sp³-hybridized carbons (Fsp3) is 0.500. The van der Waals surface area contributed by atoms with E-state index in [-0.39, 0.29) is 12.0 Å². The lowest BCUT2D eigenvalue weighted by atomic mass is 10.1. The van der Waals surface area contributed by atoms with E-state index in [0.29, 0.717) is 30.8 Å². The van der Waals surface area contributed by atoms with Gasteiger partial charge in [-0.15, -0.1) is 0 Å². The van der Waals surface area contributed by atoms with Crippen molar-refractivity contribution in [2.75, 3.05) is 11.9 Å². The lowest BCUT2D eigenvalue weighted by Crippen LogP contribution is -2.18. The fourth-order valence-corrected chi connectivity index (χ4v) is 2.36. The molecule has 6 nitrogen and oxygen atoms in total. The standard InChI is InChI=1S/C14H18N2O4/c1-2-20-14(19)10-4-6-12(15-8-10)16-11-5-3-9(7-11)13(17)18/h4,6,8-9,11H,2-3,5,7H2,1H3,(H,15,16)(H,17,18). The van der Waals surface area contributed by atoms with Crippen molar-refractivity contribution in [2.24, 2.45) is 5.92 Å². The maximum absolute atomic E-state index is 11.5. The van der Waals surface area contributed by atoms with Crippen molar-refractivity contribution >= 4 is 17.8 Å². The van der Waals surface area contributed by atoms with Crippen LogP contribution >= 0.6 is 0 Å². The van der Waals surface area contributed by atoms with Gasteiger partial charge in [0.05, 0.1) is 18.1 Å². The number of pyridine rings is 1. The molecular formula is C14H18N2O4. The van der Waals surface area contributed by atoms with Crippen LogP contribution in [0.5, 0.6) is 0 Å². The van der Waals surface area contributed by atoms with Gasteiger partial charge in [-0.3, -0.25) is 4.79 Å². The molecule has 1 fully saturated rings. The Kier molecular flexibility index (Phi) is 4.55. The lowest BCUT2D eigenvalue weighted by molar-refractivity contribution is -0.141. The Morgan fingerprint density at radius 1 is 1.45 bits per heavy atom. The smallest absolute Gasteiger partial charge is 0.339 e. The number of nitrogens with zero attached hydrogens (tertiary/aromatic N) is 1. The molecule has 108 valence electrons. The summed E-state index contributed by atoms with van der Waals surface area (Å²) in [5.41, 5.74) is 0.409. The highest BCUT2D eigenvalue weighted by Crippen LogP contribution is 2.27. The number of hydrogen-bond acceptors (Lipinski definition) is 5. The summed E-state index contributed by atoms with van der Waals surface area (Å²) in [6, 6.07) is 3.48. The minimum Gasteiger partial charge on any atom is -0.481 e. The molecule has 0 saturated heterocycles. The van der Waals surface area contributed by atoms with Crippen molar-refractivity contribution in [3.63, 3.8) is 0 Å². The molecule has 1 heterocycles. The van der Waals surface area contributed by atoms with Crippen molar-refractivity contribution in [3.05, 3.63) is 23.9 Å². The first kappa shape index (κ1) is 14.3. The van der Waals surface area contributed by atoms with Crippen LogP contribution in [0.4, 0.5) is 5.82 Å². The SMILES string of the molecule is CCOC(=O)c1ccc(NC2CCC(C(=O)O)C2)nc1. The summed E-state index contributed by atoms with van der Waals surface area (Å²) >= 11 is 0. The van der Waals surface area contributed by atoms with Crippen molar-refractivity contribution < 1.29 is 19.4 Å². The molecule has 0 aliphatic heterocycles.